The summed E-state index contributed by atoms with van der Waals surface area (Å²) in [6.07, 6.45) is 2.47. The first kappa shape index (κ1) is 20.2. The van der Waals surface area contributed by atoms with Gasteiger partial charge in [-0.1, -0.05) is 0 Å². The number of hydrogen-bond donors (Lipinski definition) is 1. The SMILES string of the molecule is CCOc1c(C)cc(S(=O)(=O)Nc2ccc(N3CCCCC3=O)cc2)cc1C. The summed E-state index contributed by atoms with van der Waals surface area (Å²) in [6.45, 7) is 6.79. The van der Waals surface area contributed by atoms with Gasteiger partial charge in [0.25, 0.3) is 10.0 Å². The molecule has 150 valence electrons. The molecule has 0 aromatic heterocycles. The van der Waals surface area contributed by atoms with Gasteiger partial charge in [-0.25, -0.2) is 8.42 Å². The predicted octanol–water partition coefficient (Wildman–Crippen LogP) is 4.02. The van der Waals surface area contributed by atoms with E-state index >= 15 is 0 Å². The van der Waals surface area contributed by atoms with Crippen molar-refractivity contribution in [1.29, 1.82) is 0 Å². The summed E-state index contributed by atoms with van der Waals surface area (Å²) in [5.41, 5.74) is 2.81. The lowest BCUT2D eigenvalue weighted by molar-refractivity contribution is -0.119. The van der Waals surface area contributed by atoms with Crippen LogP contribution in [0.15, 0.2) is 41.3 Å². The van der Waals surface area contributed by atoms with Crippen LogP contribution in [-0.4, -0.2) is 27.5 Å². The van der Waals surface area contributed by atoms with Gasteiger partial charge in [0.1, 0.15) is 5.75 Å². The number of nitrogens with one attached hydrogen (secondary N) is 1. The molecule has 2 aromatic rings. The Bertz CT molecular complexity index is 945. The number of carbonyl (C=O) groups is 1. The molecule has 7 heteroatoms. The van der Waals surface area contributed by atoms with Crippen LogP contribution in [0.2, 0.25) is 0 Å². The molecule has 1 fully saturated rings. The number of aryl methyl sites for hydroxylation is 2. The van der Waals surface area contributed by atoms with Gasteiger partial charge in [-0.3, -0.25) is 9.52 Å². The van der Waals surface area contributed by atoms with Crippen molar-refractivity contribution in [3.8, 4) is 5.75 Å². The average molecular weight is 403 g/mol. The number of rotatable bonds is 6. The van der Waals surface area contributed by atoms with Gasteiger partial charge < -0.3 is 9.64 Å². The number of ether oxygens (including phenoxy) is 1. The van der Waals surface area contributed by atoms with Gasteiger partial charge in [0.05, 0.1) is 11.5 Å². The number of anilines is 2. The second kappa shape index (κ2) is 8.22. The number of piperidine rings is 1. The zero-order valence-corrected chi connectivity index (χ0v) is 17.3. The molecule has 0 aliphatic carbocycles. The van der Waals surface area contributed by atoms with E-state index in [0.29, 0.717) is 25.3 Å². The molecule has 0 saturated carbocycles. The smallest absolute Gasteiger partial charge is 0.261 e. The number of amides is 1. The van der Waals surface area contributed by atoms with Crippen molar-refractivity contribution in [2.45, 2.75) is 44.9 Å². The summed E-state index contributed by atoms with van der Waals surface area (Å²) in [5, 5.41) is 0. The van der Waals surface area contributed by atoms with E-state index in [9.17, 15) is 13.2 Å². The molecule has 1 heterocycles. The van der Waals surface area contributed by atoms with E-state index in [4.69, 9.17) is 4.74 Å². The van der Waals surface area contributed by atoms with Crippen LogP contribution < -0.4 is 14.4 Å². The van der Waals surface area contributed by atoms with E-state index in [0.717, 1.165) is 35.4 Å². The second-order valence-corrected chi connectivity index (χ2v) is 8.66. The first-order valence-corrected chi connectivity index (χ1v) is 11.0. The van der Waals surface area contributed by atoms with Crippen LogP contribution in [0.3, 0.4) is 0 Å². The fraction of sp³-hybridized carbons (Fsp3) is 0.381. The Balaban J connectivity index is 1.80. The molecular weight excluding hydrogens is 376 g/mol. The highest BCUT2D eigenvalue weighted by Gasteiger charge is 2.21. The average Bonchev–Trinajstić information content (AvgIpc) is 2.65. The Morgan fingerprint density at radius 1 is 1.07 bits per heavy atom. The van der Waals surface area contributed by atoms with Crippen LogP contribution >= 0.6 is 0 Å². The van der Waals surface area contributed by atoms with Gasteiger partial charge >= 0.3 is 0 Å². The van der Waals surface area contributed by atoms with Crippen molar-refractivity contribution in [3.63, 3.8) is 0 Å². The third-order valence-electron chi connectivity index (χ3n) is 4.79. The zero-order chi connectivity index (χ0) is 20.3. The second-order valence-electron chi connectivity index (χ2n) is 6.97. The molecule has 0 atom stereocenters. The van der Waals surface area contributed by atoms with E-state index in [1.165, 1.54) is 0 Å². The standard InChI is InChI=1S/C21H26N2O4S/c1-4-27-21-15(2)13-19(14-16(21)3)28(25,26)22-17-8-10-18(11-9-17)23-12-6-5-7-20(23)24/h8-11,13-14,22H,4-7,12H2,1-3H3. The summed E-state index contributed by atoms with van der Waals surface area (Å²) in [7, 11) is -3.72. The van der Waals surface area contributed by atoms with Crippen LogP contribution in [0.5, 0.6) is 5.75 Å². The highest BCUT2D eigenvalue weighted by molar-refractivity contribution is 7.92. The first-order chi connectivity index (χ1) is 13.3. The Morgan fingerprint density at radius 3 is 2.29 bits per heavy atom. The van der Waals surface area contributed by atoms with Crippen LogP contribution in [0.25, 0.3) is 0 Å². The van der Waals surface area contributed by atoms with Crippen molar-refractivity contribution in [3.05, 3.63) is 47.5 Å². The summed E-state index contributed by atoms with van der Waals surface area (Å²) < 4.78 is 33.8. The zero-order valence-electron chi connectivity index (χ0n) is 16.5. The fourth-order valence-corrected chi connectivity index (χ4v) is 4.67. The van der Waals surface area contributed by atoms with E-state index in [1.807, 2.05) is 20.8 Å². The predicted molar refractivity (Wildman–Crippen MR) is 111 cm³/mol. The van der Waals surface area contributed by atoms with E-state index < -0.39 is 10.0 Å². The maximum Gasteiger partial charge on any atom is 0.261 e. The molecule has 0 unspecified atom stereocenters. The summed E-state index contributed by atoms with van der Waals surface area (Å²) in [6, 6.07) is 10.1. The molecule has 1 aliphatic heterocycles. The molecular formula is C21H26N2O4S. The van der Waals surface area contributed by atoms with Gasteiger partial charge in [0, 0.05) is 24.3 Å². The minimum absolute atomic E-state index is 0.111. The summed E-state index contributed by atoms with van der Waals surface area (Å²) >= 11 is 0. The lowest BCUT2D eigenvalue weighted by Crippen LogP contribution is -2.35. The summed E-state index contributed by atoms with van der Waals surface area (Å²) in [5.74, 6) is 0.830. The maximum atomic E-state index is 12.8. The number of carbonyl (C=O) groups excluding carboxylic acids is 1. The Hall–Kier alpha value is -2.54. The van der Waals surface area contributed by atoms with Crippen molar-refractivity contribution in [1.82, 2.24) is 0 Å². The van der Waals surface area contributed by atoms with E-state index in [-0.39, 0.29) is 10.8 Å². The molecule has 0 spiro atoms. The first-order valence-electron chi connectivity index (χ1n) is 9.49. The Labute approximate surface area is 166 Å². The van der Waals surface area contributed by atoms with Crippen LogP contribution in [0, 0.1) is 13.8 Å². The number of hydrogen-bond acceptors (Lipinski definition) is 4. The highest BCUT2D eigenvalue weighted by atomic mass is 32.2. The fourth-order valence-electron chi connectivity index (χ4n) is 3.44. The van der Waals surface area contributed by atoms with Crippen molar-refractivity contribution >= 4 is 27.3 Å². The van der Waals surface area contributed by atoms with Gasteiger partial charge in [0.2, 0.25) is 5.91 Å². The van der Waals surface area contributed by atoms with Gasteiger partial charge in [-0.05, 0) is 81.1 Å². The maximum absolute atomic E-state index is 12.8. The molecule has 1 amide bonds. The Kier molecular flexibility index (Phi) is 5.93. The molecule has 2 aromatic carbocycles. The minimum atomic E-state index is -3.72. The molecule has 0 radical (unpaired) electrons. The van der Waals surface area contributed by atoms with Gasteiger partial charge in [-0.2, -0.15) is 0 Å². The lowest BCUT2D eigenvalue weighted by atomic mass is 10.1. The van der Waals surface area contributed by atoms with Crippen molar-refractivity contribution in [2.24, 2.45) is 0 Å². The van der Waals surface area contributed by atoms with E-state index in [2.05, 4.69) is 4.72 Å². The van der Waals surface area contributed by atoms with Crippen molar-refractivity contribution < 1.29 is 17.9 Å². The van der Waals surface area contributed by atoms with E-state index in [1.54, 1.807) is 41.3 Å². The monoisotopic (exact) mass is 402 g/mol. The lowest BCUT2D eigenvalue weighted by Gasteiger charge is -2.26. The highest BCUT2D eigenvalue weighted by Crippen LogP contribution is 2.29. The molecule has 3 rings (SSSR count). The molecule has 1 saturated heterocycles. The molecule has 1 N–H and O–H groups in total. The van der Waals surface area contributed by atoms with Gasteiger partial charge in [0.15, 0.2) is 0 Å². The van der Waals surface area contributed by atoms with Gasteiger partial charge in [-0.15, -0.1) is 0 Å². The number of benzene rings is 2. The van der Waals surface area contributed by atoms with Crippen LogP contribution in [0.4, 0.5) is 11.4 Å². The molecule has 1 aliphatic rings. The number of nitrogens with zero attached hydrogens (tertiary/aromatic N) is 1. The number of sulfonamides is 1. The Morgan fingerprint density at radius 2 is 1.71 bits per heavy atom. The molecule has 0 bridgehead atoms. The summed E-state index contributed by atoms with van der Waals surface area (Å²) in [4.78, 5) is 14.0. The largest absolute Gasteiger partial charge is 0.493 e. The molecule has 6 nitrogen and oxygen atoms in total. The van der Waals surface area contributed by atoms with Crippen LogP contribution in [0.1, 0.15) is 37.3 Å². The quantitative estimate of drug-likeness (QED) is 0.792. The topological polar surface area (TPSA) is 75.7 Å². The normalized spacial score (nSPS) is 14.8. The van der Waals surface area contributed by atoms with Crippen molar-refractivity contribution in [2.75, 3.05) is 22.8 Å². The third-order valence-corrected chi connectivity index (χ3v) is 6.15. The van der Waals surface area contributed by atoms with Crippen LogP contribution in [-0.2, 0) is 14.8 Å². The molecule has 28 heavy (non-hydrogen) atoms. The third kappa shape index (κ3) is 4.30. The minimum Gasteiger partial charge on any atom is -0.493 e.